The Kier molecular flexibility index (Phi) is 4.27. The molecule has 2 aromatic rings. The van der Waals surface area contributed by atoms with Crippen molar-refractivity contribution in [3.05, 3.63) is 57.6 Å². The molecule has 1 heterocycles. The van der Waals surface area contributed by atoms with Crippen LogP contribution in [0.2, 0.25) is 0 Å². The number of halogens is 1. The molecule has 1 aromatic carbocycles. The van der Waals surface area contributed by atoms with Gasteiger partial charge in [0, 0.05) is 16.2 Å². The van der Waals surface area contributed by atoms with Crippen molar-refractivity contribution in [2.75, 3.05) is 0 Å². The number of amides is 1. The number of hydrogen-bond acceptors (Lipinski definition) is 3. The van der Waals surface area contributed by atoms with Crippen LogP contribution < -0.4 is 5.32 Å². The third-order valence-corrected chi connectivity index (χ3v) is 3.57. The molecule has 0 atom stereocenters. The lowest BCUT2D eigenvalue weighted by molar-refractivity contribution is 0.0950. The van der Waals surface area contributed by atoms with Gasteiger partial charge in [-0.25, -0.2) is 9.97 Å². The number of nitrogens with one attached hydrogen (secondary N) is 1. The monoisotopic (exact) mass is 319 g/mol. The highest BCUT2D eigenvalue weighted by Crippen LogP contribution is 2.17. The Balaban J connectivity index is 2.03. The molecule has 2 rings (SSSR count). The number of hydrogen-bond donors (Lipinski definition) is 1. The van der Waals surface area contributed by atoms with Crippen LogP contribution in [0.4, 0.5) is 0 Å². The number of benzene rings is 1. The summed E-state index contributed by atoms with van der Waals surface area (Å²) in [6.45, 7) is 4.18. The second kappa shape index (κ2) is 5.93. The molecule has 0 bridgehead atoms. The molecule has 0 saturated carbocycles. The van der Waals surface area contributed by atoms with Crippen molar-refractivity contribution in [1.29, 1.82) is 0 Å². The van der Waals surface area contributed by atoms with Crippen LogP contribution in [-0.4, -0.2) is 15.9 Å². The van der Waals surface area contributed by atoms with Crippen LogP contribution >= 0.6 is 15.9 Å². The molecule has 0 aliphatic rings. The summed E-state index contributed by atoms with van der Waals surface area (Å²) in [6.07, 6.45) is 1.69. The first-order valence-corrected chi connectivity index (χ1v) is 6.68. The van der Waals surface area contributed by atoms with Crippen molar-refractivity contribution >= 4 is 21.8 Å². The summed E-state index contributed by atoms with van der Waals surface area (Å²) in [4.78, 5) is 20.3. The molecule has 0 aliphatic carbocycles. The Labute approximate surface area is 120 Å². The number of carbonyl (C=O) groups is 1. The molecule has 0 spiro atoms. The van der Waals surface area contributed by atoms with Crippen LogP contribution in [0.5, 0.6) is 0 Å². The summed E-state index contributed by atoms with van der Waals surface area (Å²) in [5, 5.41) is 2.84. The first-order chi connectivity index (χ1) is 9.06. The van der Waals surface area contributed by atoms with Gasteiger partial charge in [0.1, 0.15) is 5.82 Å². The van der Waals surface area contributed by atoms with Gasteiger partial charge in [-0.3, -0.25) is 4.79 Å². The normalized spacial score (nSPS) is 10.3. The molecular weight excluding hydrogens is 306 g/mol. The Hall–Kier alpha value is -1.75. The van der Waals surface area contributed by atoms with E-state index >= 15 is 0 Å². The van der Waals surface area contributed by atoms with Gasteiger partial charge in [-0.15, -0.1) is 0 Å². The van der Waals surface area contributed by atoms with Gasteiger partial charge in [0.2, 0.25) is 0 Å². The maximum atomic E-state index is 12.0. The van der Waals surface area contributed by atoms with Gasteiger partial charge in [-0.1, -0.05) is 15.9 Å². The van der Waals surface area contributed by atoms with Gasteiger partial charge in [-0.2, -0.15) is 0 Å². The summed E-state index contributed by atoms with van der Waals surface area (Å²) in [5.74, 6) is 0.595. The summed E-state index contributed by atoms with van der Waals surface area (Å²) in [7, 11) is 0. The van der Waals surface area contributed by atoms with E-state index in [2.05, 4.69) is 31.2 Å². The first-order valence-electron chi connectivity index (χ1n) is 5.89. The number of nitrogens with zero attached hydrogens (tertiary/aromatic N) is 2. The highest BCUT2D eigenvalue weighted by Gasteiger charge is 2.07. The lowest BCUT2D eigenvalue weighted by Crippen LogP contribution is -2.23. The maximum Gasteiger partial charge on any atom is 0.251 e. The quantitative estimate of drug-likeness (QED) is 0.946. The average molecular weight is 320 g/mol. The predicted molar refractivity (Wildman–Crippen MR) is 76.8 cm³/mol. The van der Waals surface area contributed by atoms with Crippen LogP contribution in [0.3, 0.4) is 0 Å². The molecule has 98 valence electrons. The zero-order chi connectivity index (χ0) is 13.8. The second-order valence-electron chi connectivity index (χ2n) is 4.24. The van der Waals surface area contributed by atoms with E-state index in [4.69, 9.17) is 0 Å². The number of carbonyl (C=O) groups excluding carboxylic acids is 1. The van der Waals surface area contributed by atoms with Gasteiger partial charge in [0.05, 0.1) is 12.2 Å². The SMILES string of the molecule is Cc1nccc(CNC(=O)c2ccc(Br)c(C)c2)n1. The van der Waals surface area contributed by atoms with Crippen LogP contribution in [0, 0.1) is 13.8 Å². The topological polar surface area (TPSA) is 54.9 Å². The van der Waals surface area contributed by atoms with Crippen LogP contribution in [0.1, 0.15) is 27.4 Å². The van der Waals surface area contributed by atoms with E-state index < -0.39 is 0 Å². The molecule has 0 radical (unpaired) electrons. The lowest BCUT2D eigenvalue weighted by atomic mass is 10.1. The fourth-order valence-corrected chi connectivity index (χ4v) is 1.91. The van der Waals surface area contributed by atoms with Crippen LogP contribution in [-0.2, 0) is 6.54 Å². The fraction of sp³-hybridized carbons (Fsp3) is 0.214. The van der Waals surface area contributed by atoms with Crippen LogP contribution in [0.25, 0.3) is 0 Å². The van der Waals surface area contributed by atoms with Gasteiger partial charge in [-0.05, 0) is 43.7 Å². The Morgan fingerprint density at radius 2 is 2.11 bits per heavy atom. The van der Waals surface area contributed by atoms with Crippen molar-refractivity contribution in [3.8, 4) is 0 Å². The van der Waals surface area contributed by atoms with E-state index in [9.17, 15) is 4.79 Å². The Morgan fingerprint density at radius 1 is 1.32 bits per heavy atom. The molecular formula is C14H14BrN3O. The van der Waals surface area contributed by atoms with Crippen molar-refractivity contribution in [2.45, 2.75) is 20.4 Å². The average Bonchev–Trinajstić information content (AvgIpc) is 2.39. The van der Waals surface area contributed by atoms with E-state index in [1.165, 1.54) is 0 Å². The summed E-state index contributed by atoms with van der Waals surface area (Å²) < 4.78 is 0.996. The van der Waals surface area contributed by atoms with Crippen LogP contribution in [0.15, 0.2) is 34.9 Å². The molecule has 0 aliphatic heterocycles. The number of aryl methyl sites for hydroxylation is 2. The minimum atomic E-state index is -0.105. The predicted octanol–water partition coefficient (Wildman–Crippen LogP) is 2.79. The van der Waals surface area contributed by atoms with Crippen molar-refractivity contribution in [3.63, 3.8) is 0 Å². The third-order valence-electron chi connectivity index (χ3n) is 2.68. The van der Waals surface area contributed by atoms with Crippen molar-refractivity contribution in [2.24, 2.45) is 0 Å². The molecule has 1 N–H and O–H groups in total. The van der Waals surface area contributed by atoms with Crippen molar-refractivity contribution in [1.82, 2.24) is 15.3 Å². The highest BCUT2D eigenvalue weighted by atomic mass is 79.9. The smallest absolute Gasteiger partial charge is 0.251 e. The molecule has 0 fully saturated rings. The minimum absolute atomic E-state index is 0.105. The number of aromatic nitrogens is 2. The second-order valence-corrected chi connectivity index (χ2v) is 5.10. The summed E-state index contributed by atoms with van der Waals surface area (Å²) in [6, 6.07) is 7.31. The maximum absolute atomic E-state index is 12.0. The number of rotatable bonds is 3. The molecule has 4 nitrogen and oxygen atoms in total. The van der Waals surface area contributed by atoms with Gasteiger partial charge in [0.25, 0.3) is 5.91 Å². The van der Waals surface area contributed by atoms with Crippen molar-refractivity contribution < 1.29 is 4.79 Å². The van der Waals surface area contributed by atoms with E-state index in [0.717, 1.165) is 15.7 Å². The van der Waals surface area contributed by atoms with E-state index in [1.54, 1.807) is 18.3 Å². The molecule has 5 heteroatoms. The highest BCUT2D eigenvalue weighted by molar-refractivity contribution is 9.10. The van der Waals surface area contributed by atoms with Gasteiger partial charge < -0.3 is 5.32 Å². The molecule has 0 saturated heterocycles. The molecule has 1 amide bonds. The molecule has 0 unspecified atom stereocenters. The zero-order valence-corrected chi connectivity index (χ0v) is 12.4. The largest absolute Gasteiger partial charge is 0.346 e. The van der Waals surface area contributed by atoms with Gasteiger partial charge >= 0.3 is 0 Å². The standard InChI is InChI=1S/C14H14BrN3O/c1-9-7-11(3-4-13(9)15)14(19)17-8-12-5-6-16-10(2)18-12/h3-7H,8H2,1-2H3,(H,17,19). The van der Waals surface area contributed by atoms with E-state index in [1.807, 2.05) is 26.0 Å². The lowest BCUT2D eigenvalue weighted by Gasteiger charge is -2.06. The third kappa shape index (κ3) is 3.61. The molecule has 19 heavy (non-hydrogen) atoms. The fourth-order valence-electron chi connectivity index (χ4n) is 1.66. The zero-order valence-electron chi connectivity index (χ0n) is 10.8. The van der Waals surface area contributed by atoms with Gasteiger partial charge in [0.15, 0.2) is 0 Å². The first kappa shape index (κ1) is 13.7. The Bertz CT molecular complexity index is 613. The summed E-state index contributed by atoms with van der Waals surface area (Å²) in [5.41, 5.74) is 2.48. The van der Waals surface area contributed by atoms with E-state index in [0.29, 0.717) is 17.9 Å². The minimum Gasteiger partial charge on any atom is -0.346 e. The summed E-state index contributed by atoms with van der Waals surface area (Å²) >= 11 is 3.41. The van der Waals surface area contributed by atoms with E-state index in [-0.39, 0.29) is 5.91 Å². The molecule has 1 aromatic heterocycles. The Morgan fingerprint density at radius 3 is 2.79 bits per heavy atom.